The van der Waals surface area contributed by atoms with E-state index in [4.69, 9.17) is 10.00 Å². The Hall–Kier alpha value is -2.35. The van der Waals surface area contributed by atoms with E-state index in [-0.39, 0.29) is 18.6 Å². The third kappa shape index (κ3) is 4.56. The van der Waals surface area contributed by atoms with E-state index in [1.54, 1.807) is 12.1 Å². The number of carbonyl (C=O) groups excluding carboxylic acids is 2. The van der Waals surface area contributed by atoms with E-state index in [2.05, 4.69) is 19.2 Å². The molecule has 0 saturated heterocycles. The van der Waals surface area contributed by atoms with Crippen molar-refractivity contribution in [2.45, 2.75) is 39.2 Å². The van der Waals surface area contributed by atoms with Gasteiger partial charge in [0, 0.05) is 6.04 Å². The summed E-state index contributed by atoms with van der Waals surface area (Å²) in [7, 11) is 0. The van der Waals surface area contributed by atoms with Crippen LogP contribution in [0.1, 0.15) is 49.0 Å². The zero-order valence-corrected chi connectivity index (χ0v) is 13.5. The normalized spacial score (nSPS) is 23.6. The lowest BCUT2D eigenvalue weighted by Crippen LogP contribution is -2.45. The van der Waals surface area contributed by atoms with Crippen LogP contribution in [0.25, 0.3) is 0 Å². The van der Waals surface area contributed by atoms with Crippen LogP contribution in [-0.4, -0.2) is 24.5 Å². The van der Waals surface area contributed by atoms with E-state index in [1.165, 1.54) is 18.6 Å². The molecule has 1 aromatic rings. The SMILES string of the molecule is CC1CCCC(NC(=O)COC(=O)c2ccc(C#N)cc2)C1C. The standard InChI is InChI=1S/C18H22N2O3/c1-12-4-3-5-16(13(12)2)20-17(21)11-23-18(22)15-8-6-14(10-19)7-9-15/h6-9,12-13,16H,3-5,11H2,1-2H3,(H,20,21). The van der Waals surface area contributed by atoms with Crippen LogP contribution in [0.2, 0.25) is 0 Å². The van der Waals surface area contributed by atoms with Gasteiger partial charge in [0.1, 0.15) is 0 Å². The first-order chi connectivity index (χ1) is 11.0. The molecule has 5 nitrogen and oxygen atoms in total. The average Bonchev–Trinajstić information content (AvgIpc) is 2.57. The number of nitrogens with one attached hydrogen (secondary N) is 1. The second-order valence-electron chi connectivity index (χ2n) is 6.21. The maximum Gasteiger partial charge on any atom is 0.338 e. The van der Waals surface area contributed by atoms with E-state index >= 15 is 0 Å². The highest BCUT2D eigenvalue weighted by Crippen LogP contribution is 2.29. The molecule has 1 aliphatic carbocycles. The summed E-state index contributed by atoms with van der Waals surface area (Å²) >= 11 is 0. The number of esters is 1. The Labute approximate surface area is 136 Å². The summed E-state index contributed by atoms with van der Waals surface area (Å²) in [6.45, 7) is 4.07. The molecule has 3 unspecified atom stereocenters. The Bertz CT molecular complexity index is 604. The number of rotatable bonds is 4. The van der Waals surface area contributed by atoms with Gasteiger partial charge in [-0.3, -0.25) is 4.79 Å². The largest absolute Gasteiger partial charge is 0.452 e. The molecule has 0 radical (unpaired) electrons. The monoisotopic (exact) mass is 314 g/mol. The smallest absolute Gasteiger partial charge is 0.338 e. The summed E-state index contributed by atoms with van der Waals surface area (Å²) in [5.41, 5.74) is 0.802. The molecule has 0 bridgehead atoms. The second kappa shape index (κ2) is 7.77. The van der Waals surface area contributed by atoms with Gasteiger partial charge in [-0.05, 0) is 42.5 Å². The number of carbonyl (C=O) groups is 2. The third-order valence-electron chi connectivity index (χ3n) is 4.64. The summed E-state index contributed by atoms with van der Waals surface area (Å²) in [6.07, 6.45) is 3.28. The molecule has 23 heavy (non-hydrogen) atoms. The van der Waals surface area contributed by atoms with Crippen molar-refractivity contribution in [2.24, 2.45) is 11.8 Å². The van der Waals surface area contributed by atoms with Crippen molar-refractivity contribution in [3.8, 4) is 6.07 Å². The summed E-state index contributed by atoms with van der Waals surface area (Å²) in [4.78, 5) is 23.8. The molecule has 1 saturated carbocycles. The first-order valence-electron chi connectivity index (χ1n) is 7.98. The number of hydrogen-bond acceptors (Lipinski definition) is 4. The lowest BCUT2D eigenvalue weighted by atomic mass is 9.78. The molecule has 3 atom stereocenters. The van der Waals surface area contributed by atoms with Crippen LogP contribution in [0, 0.1) is 23.2 Å². The Kier molecular flexibility index (Phi) is 5.75. The molecular formula is C18H22N2O3. The number of nitriles is 1. The van der Waals surface area contributed by atoms with Crippen molar-refractivity contribution in [2.75, 3.05) is 6.61 Å². The van der Waals surface area contributed by atoms with Gasteiger partial charge in [0.05, 0.1) is 17.2 Å². The van der Waals surface area contributed by atoms with E-state index in [1.807, 2.05) is 6.07 Å². The van der Waals surface area contributed by atoms with Crippen molar-refractivity contribution >= 4 is 11.9 Å². The van der Waals surface area contributed by atoms with Crippen molar-refractivity contribution in [3.05, 3.63) is 35.4 Å². The van der Waals surface area contributed by atoms with Crippen LogP contribution in [0.4, 0.5) is 0 Å². The molecule has 0 heterocycles. The summed E-state index contributed by atoms with van der Waals surface area (Å²) in [6, 6.07) is 8.25. The van der Waals surface area contributed by atoms with E-state index in [0.717, 1.165) is 12.8 Å². The van der Waals surface area contributed by atoms with E-state index in [0.29, 0.717) is 23.0 Å². The number of ether oxygens (including phenoxy) is 1. The fraction of sp³-hybridized carbons (Fsp3) is 0.500. The van der Waals surface area contributed by atoms with Crippen LogP contribution < -0.4 is 5.32 Å². The highest BCUT2D eigenvalue weighted by atomic mass is 16.5. The van der Waals surface area contributed by atoms with Gasteiger partial charge < -0.3 is 10.1 Å². The minimum atomic E-state index is -0.560. The Morgan fingerprint density at radius 2 is 1.96 bits per heavy atom. The Morgan fingerprint density at radius 1 is 1.26 bits per heavy atom. The maximum absolute atomic E-state index is 12.0. The van der Waals surface area contributed by atoms with Crippen LogP contribution in [0.5, 0.6) is 0 Å². The molecule has 122 valence electrons. The van der Waals surface area contributed by atoms with Crippen LogP contribution in [-0.2, 0) is 9.53 Å². The van der Waals surface area contributed by atoms with Crippen LogP contribution in [0.3, 0.4) is 0 Å². The van der Waals surface area contributed by atoms with Crippen molar-refractivity contribution in [3.63, 3.8) is 0 Å². The lowest BCUT2D eigenvalue weighted by molar-refractivity contribution is -0.125. The number of nitrogens with zero attached hydrogens (tertiary/aromatic N) is 1. The zero-order valence-electron chi connectivity index (χ0n) is 13.5. The number of amides is 1. The maximum atomic E-state index is 12.0. The highest BCUT2D eigenvalue weighted by Gasteiger charge is 2.28. The number of hydrogen-bond donors (Lipinski definition) is 1. The van der Waals surface area contributed by atoms with E-state index in [9.17, 15) is 9.59 Å². The van der Waals surface area contributed by atoms with Crippen molar-refractivity contribution < 1.29 is 14.3 Å². The molecule has 2 rings (SSSR count). The molecule has 0 aliphatic heterocycles. The first kappa shape index (κ1) is 17.0. The Morgan fingerprint density at radius 3 is 2.61 bits per heavy atom. The van der Waals surface area contributed by atoms with Gasteiger partial charge in [-0.1, -0.05) is 26.7 Å². The topological polar surface area (TPSA) is 79.2 Å². The summed E-state index contributed by atoms with van der Waals surface area (Å²) < 4.78 is 5.03. The zero-order chi connectivity index (χ0) is 16.8. The quantitative estimate of drug-likeness (QED) is 0.867. The molecule has 0 aromatic heterocycles. The first-order valence-corrected chi connectivity index (χ1v) is 7.98. The molecule has 5 heteroatoms. The van der Waals surface area contributed by atoms with Crippen molar-refractivity contribution in [1.29, 1.82) is 5.26 Å². The van der Waals surface area contributed by atoms with Crippen molar-refractivity contribution in [1.82, 2.24) is 5.32 Å². The molecular weight excluding hydrogens is 292 g/mol. The fourth-order valence-electron chi connectivity index (χ4n) is 2.93. The van der Waals surface area contributed by atoms with Gasteiger partial charge in [0.25, 0.3) is 5.91 Å². The van der Waals surface area contributed by atoms with Gasteiger partial charge in [0.2, 0.25) is 0 Å². The predicted molar refractivity (Wildman–Crippen MR) is 85.5 cm³/mol. The second-order valence-corrected chi connectivity index (χ2v) is 6.21. The lowest BCUT2D eigenvalue weighted by Gasteiger charge is -2.34. The molecule has 1 aliphatic rings. The van der Waals surface area contributed by atoms with Gasteiger partial charge in [0.15, 0.2) is 6.61 Å². The molecule has 1 aromatic carbocycles. The molecule has 0 spiro atoms. The van der Waals surface area contributed by atoms with Gasteiger partial charge in [-0.15, -0.1) is 0 Å². The highest BCUT2D eigenvalue weighted by molar-refractivity contribution is 5.91. The van der Waals surface area contributed by atoms with Gasteiger partial charge >= 0.3 is 5.97 Å². The minimum Gasteiger partial charge on any atom is -0.452 e. The molecule has 1 amide bonds. The Balaban J connectivity index is 1.81. The average molecular weight is 314 g/mol. The van der Waals surface area contributed by atoms with Crippen LogP contribution >= 0.6 is 0 Å². The van der Waals surface area contributed by atoms with E-state index < -0.39 is 5.97 Å². The number of benzene rings is 1. The molecule has 1 N–H and O–H groups in total. The predicted octanol–water partition coefficient (Wildman–Crippen LogP) is 2.66. The molecule has 1 fully saturated rings. The third-order valence-corrected chi connectivity index (χ3v) is 4.64. The van der Waals surface area contributed by atoms with Gasteiger partial charge in [-0.25, -0.2) is 4.79 Å². The van der Waals surface area contributed by atoms with Gasteiger partial charge in [-0.2, -0.15) is 5.26 Å². The fourth-order valence-corrected chi connectivity index (χ4v) is 2.93. The summed E-state index contributed by atoms with van der Waals surface area (Å²) in [5.74, 6) is 0.199. The summed E-state index contributed by atoms with van der Waals surface area (Å²) in [5, 5.41) is 11.7. The minimum absolute atomic E-state index is 0.153. The van der Waals surface area contributed by atoms with Crippen LogP contribution in [0.15, 0.2) is 24.3 Å².